The van der Waals surface area contributed by atoms with E-state index in [1.54, 1.807) is 0 Å². The van der Waals surface area contributed by atoms with Crippen molar-refractivity contribution in [3.05, 3.63) is 0 Å². The van der Waals surface area contributed by atoms with Crippen LogP contribution in [0.15, 0.2) is 5.16 Å². The normalized spacial score (nSPS) is 56.3. The molecule has 7 atom stereocenters. The van der Waals surface area contributed by atoms with Gasteiger partial charge in [-0.25, -0.2) is 0 Å². The highest BCUT2D eigenvalue weighted by molar-refractivity contribution is 5.92. The lowest BCUT2D eigenvalue weighted by atomic mass is 9.44. The third-order valence-electron chi connectivity index (χ3n) is 8.38. The van der Waals surface area contributed by atoms with Gasteiger partial charge in [0, 0.05) is 5.41 Å². The van der Waals surface area contributed by atoms with Gasteiger partial charge in [0.1, 0.15) is 0 Å². The van der Waals surface area contributed by atoms with Gasteiger partial charge in [0.25, 0.3) is 0 Å². The molecule has 22 heavy (non-hydrogen) atoms. The van der Waals surface area contributed by atoms with Gasteiger partial charge in [-0.05, 0) is 74.0 Å². The molecule has 0 aromatic carbocycles. The minimum atomic E-state index is -0.216. The Morgan fingerprint density at radius 2 is 1.91 bits per heavy atom. The number of rotatable bonds is 0. The average Bonchev–Trinajstić information content (AvgIpc) is 2.82. The molecular weight excluding hydrogens is 274 g/mol. The fourth-order valence-corrected chi connectivity index (χ4v) is 7.37. The van der Waals surface area contributed by atoms with E-state index >= 15 is 0 Å². The molecule has 0 amide bonds. The summed E-state index contributed by atoms with van der Waals surface area (Å²) in [6.07, 6.45) is 10.7. The monoisotopic (exact) mass is 305 g/mol. The summed E-state index contributed by atoms with van der Waals surface area (Å²) in [6.45, 7) is 4.73. The Hall–Kier alpha value is -0.570. The third-order valence-corrected chi connectivity index (χ3v) is 8.38. The molecule has 4 saturated carbocycles. The van der Waals surface area contributed by atoms with Gasteiger partial charge in [-0.1, -0.05) is 31.8 Å². The fourth-order valence-electron chi connectivity index (χ4n) is 7.37. The Balaban J connectivity index is 1.71. The number of aliphatic hydroxyl groups is 1. The maximum Gasteiger partial charge on any atom is 0.0633 e. The Morgan fingerprint density at radius 3 is 2.68 bits per heavy atom. The number of hydrogen-bond acceptors (Lipinski definition) is 3. The molecule has 124 valence electrons. The zero-order valence-electron chi connectivity index (χ0n) is 14.1. The van der Waals surface area contributed by atoms with Crippen molar-refractivity contribution >= 4 is 5.71 Å². The van der Waals surface area contributed by atoms with E-state index in [2.05, 4.69) is 19.0 Å². The van der Waals surface area contributed by atoms with Gasteiger partial charge in [0.05, 0.1) is 11.8 Å². The van der Waals surface area contributed by atoms with Gasteiger partial charge in [-0.2, -0.15) is 0 Å². The highest BCUT2D eigenvalue weighted by Gasteiger charge is 2.62. The maximum absolute atomic E-state index is 11.1. The molecule has 4 fully saturated rings. The van der Waals surface area contributed by atoms with E-state index < -0.39 is 0 Å². The standard InChI is InChI=1S/C19H31NO2/c1-18-10-4-3-5-12(18)6-7-13-14-8-9-16(20-22)19(14,2)11-15(21)17(13)18/h12-15,17,21-22H,3-11H2,1-2H3/b20-16-. The molecule has 4 aliphatic carbocycles. The minimum absolute atomic E-state index is 0.0623. The highest BCUT2D eigenvalue weighted by Crippen LogP contribution is 2.65. The summed E-state index contributed by atoms with van der Waals surface area (Å²) in [6, 6.07) is 0. The summed E-state index contributed by atoms with van der Waals surface area (Å²) >= 11 is 0. The molecule has 0 aromatic heterocycles. The second-order valence-electron chi connectivity index (χ2n) is 9.10. The summed E-state index contributed by atoms with van der Waals surface area (Å²) in [5.41, 5.74) is 1.24. The summed E-state index contributed by atoms with van der Waals surface area (Å²) < 4.78 is 0. The first-order chi connectivity index (χ1) is 10.5. The fraction of sp³-hybridized carbons (Fsp3) is 0.947. The molecule has 4 aliphatic rings. The molecule has 0 aromatic rings. The van der Waals surface area contributed by atoms with Gasteiger partial charge in [0.2, 0.25) is 0 Å². The molecule has 7 unspecified atom stereocenters. The van der Waals surface area contributed by atoms with E-state index in [1.165, 1.54) is 38.5 Å². The van der Waals surface area contributed by atoms with Gasteiger partial charge >= 0.3 is 0 Å². The van der Waals surface area contributed by atoms with Crippen molar-refractivity contribution in [2.24, 2.45) is 39.7 Å². The molecule has 2 N–H and O–H groups in total. The van der Waals surface area contributed by atoms with Crippen LogP contribution in [0.5, 0.6) is 0 Å². The Morgan fingerprint density at radius 1 is 1.09 bits per heavy atom. The van der Waals surface area contributed by atoms with Gasteiger partial charge < -0.3 is 10.3 Å². The first-order valence-electron chi connectivity index (χ1n) is 9.40. The van der Waals surface area contributed by atoms with Gasteiger partial charge in [-0.3, -0.25) is 0 Å². The molecule has 0 radical (unpaired) electrons. The summed E-state index contributed by atoms with van der Waals surface area (Å²) in [7, 11) is 0. The Bertz CT molecular complexity index is 490. The van der Waals surface area contributed by atoms with Crippen LogP contribution in [-0.4, -0.2) is 22.1 Å². The predicted octanol–water partition coefficient (Wildman–Crippen LogP) is 4.22. The molecule has 0 saturated heterocycles. The number of hydrogen-bond donors (Lipinski definition) is 2. The van der Waals surface area contributed by atoms with Crippen LogP contribution in [0, 0.1) is 34.5 Å². The van der Waals surface area contributed by atoms with Crippen molar-refractivity contribution in [1.82, 2.24) is 0 Å². The lowest BCUT2D eigenvalue weighted by molar-refractivity contribution is -0.153. The van der Waals surface area contributed by atoms with Gasteiger partial charge in [-0.15, -0.1) is 0 Å². The van der Waals surface area contributed by atoms with Crippen LogP contribution in [0.25, 0.3) is 0 Å². The predicted molar refractivity (Wildman–Crippen MR) is 87.0 cm³/mol. The number of fused-ring (bicyclic) bond motifs is 5. The quantitative estimate of drug-likeness (QED) is 0.520. The zero-order valence-corrected chi connectivity index (χ0v) is 14.1. The molecular formula is C19H31NO2. The topological polar surface area (TPSA) is 52.8 Å². The van der Waals surface area contributed by atoms with Crippen molar-refractivity contribution in [3.8, 4) is 0 Å². The van der Waals surface area contributed by atoms with E-state index in [4.69, 9.17) is 0 Å². The first-order valence-corrected chi connectivity index (χ1v) is 9.40. The van der Waals surface area contributed by atoms with E-state index in [9.17, 15) is 10.3 Å². The first kappa shape index (κ1) is 15.0. The van der Waals surface area contributed by atoms with Crippen LogP contribution >= 0.6 is 0 Å². The molecule has 0 aliphatic heterocycles. The van der Waals surface area contributed by atoms with Crippen LogP contribution in [0.4, 0.5) is 0 Å². The molecule has 0 heterocycles. The number of oxime groups is 1. The molecule has 3 heteroatoms. The summed E-state index contributed by atoms with van der Waals surface area (Å²) in [5, 5.41) is 24.1. The van der Waals surface area contributed by atoms with Crippen LogP contribution in [0.1, 0.15) is 71.6 Å². The van der Waals surface area contributed by atoms with E-state index in [-0.39, 0.29) is 11.5 Å². The van der Waals surface area contributed by atoms with Crippen LogP contribution in [-0.2, 0) is 0 Å². The minimum Gasteiger partial charge on any atom is -0.411 e. The second-order valence-corrected chi connectivity index (χ2v) is 9.10. The van der Waals surface area contributed by atoms with Gasteiger partial charge in [0.15, 0.2) is 0 Å². The van der Waals surface area contributed by atoms with Crippen molar-refractivity contribution in [2.45, 2.75) is 77.7 Å². The lowest BCUT2D eigenvalue weighted by Gasteiger charge is -2.61. The van der Waals surface area contributed by atoms with E-state index in [1.807, 2.05) is 0 Å². The maximum atomic E-state index is 11.1. The third kappa shape index (κ3) is 1.81. The number of aliphatic hydroxyl groups excluding tert-OH is 1. The summed E-state index contributed by atoms with van der Waals surface area (Å²) in [4.78, 5) is 0. The molecule has 0 bridgehead atoms. The second kappa shape index (κ2) is 4.96. The summed E-state index contributed by atoms with van der Waals surface area (Å²) in [5.74, 6) is 2.55. The average molecular weight is 305 g/mol. The SMILES string of the molecule is CC12CC(O)C3C(CCC4CCCCC43C)C1CC/C2=N/O. The zero-order chi connectivity index (χ0) is 15.5. The Labute approximate surface area is 134 Å². The van der Waals surface area contributed by atoms with Crippen LogP contribution in [0.3, 0.4) is 0 Å². The number of nitrogens with zero attached hydrogens (tertiary/aromatic N) is 1. The molecule has 3 nitrogen and oxygen atoms in total. The Kier molecular flexibility index (Phi) is 3.38. The van der Waals surface area contributed by atoms with Crippen LogP contribution in [0.2, 0.25) is 0 Å². The van der Waals surface area contributed by atoms with Crippen molar-refractivity contribution < 1.29 is 10.3 Å². The molecule has 0 spiro atoms. The molecule has 4 rings (SSSR count). The largest absolute Gasteiger partial charge is 0.411 e. The smallest absolute Gasteiger partial charge is 0.0633 e. The lowest BCUT2D eigenvalue weighted by Crippen LogP contribution is -2.58. The van der Waals surface area contributed by atoms with Crippen LogP contribution < -0.4 is 0 Å². The highest BCUT2D eigenvalue weighted by atomic mass is 16.4. The van der Waals surface area contributed by atoms with E-state index in [0.29, 0.717) is 23.2 Å². The van der Waals surface area contributed by atoms with Crippen molar-refractivity contribution in [1.29, 1.82) is 0 Å². The van der Waals surface area contributed by atoms with Crippen molar-refractivity contribution in [2.75, 3.05) is 0 Å². The van der Waals surface area contributed by atoms with E-state index in [0.717, 1.165) is 30.9 Å². The van der Waals surface area contributed by atoms with Crippen molar-refractivity contribution in [3.63, 3.8) is 0 Å².